The second-order valence-electron chi connectivity index (χ2n) is 5.81. The predicted molar refractivity (Wildman–Crippen MR) is 98.9 cm³/mol. The van der Waals surface area contributed by atoms with Crippen LogP contribution in [0, 0.1) is 0 Å². The van der Waals surface area contributed by atoms with Crippen molar-refractivity contribution in [3.05, 3.63) is 64.7 Å². The Morgan fingerprint density at radius 3 is 2.58 bits per heavy atom. The highest BCUT2D eigenvalue weighted by Crippen LogP contribution is 2.09. The maximum Gasteiger partial charge on any atom is 0.345 e. The van der Waals surface area contributed by atoms with Gasteiger partial charge in [0.1, 0.15) is 12.2 Å². The number of hydrogen-bond acceptors (Lipinski definition) is 5. The number of ether oxygens (including phenoxy) is 1. The fourth-order valence-electron chi connectivity index (χ4n) is 2.79. The van der Waals surface area contributed by atoms with Crippen LogP contribution in [0.25, 0.3) is 11.3 Å². The summed E-state index contributed by atoms with van der Waals surface area (Å²) in [5.41, 5.74) is 0.756. The molecule has 0 radical (unpaired) electrons. The standard InChI is InChI=1S/C19H22N4O3/c1-3-21(4-2)12-13-26-19(25)16-14-20-17-10-11-22(23(17)18(16)24)15-8-6-5-7-9-15/h5-11,14H,3-4,12-13H2,1-2H3. The van der Waals surface area contributed by atoms with Crippen LogP contribution in [0.2, 0.25) is 0 Å². The Morgan fingerprint density at radius 2 is 1.88 bits per heavy atom. The lowest BCUT2D eigenvalue weighted by molar-refractivity contribution is 0.0463. The molecule has 0 bridgehead atoms. The van der Waals surface area contributed by atoms with Crippen LogP contribution in [0.5, 0.6) is 0 Å². The van der Waals surface area contributed by atoms with Crippen LogP contribution in [-0.4, -0.2) is 51.3 Å². The minimum Gasteiger partial charge on any atom is -0.461 e. The van der Waals surface area contributed by atoms with Crippen LogP contribution in [0.1, 0.15) is 24.2 Å². The van der Waals surface area contributed by atoms with E-state index in [9.17, 15) is 9.59 Å². The summed E-state index contributed by atoms with van der Waals surface area (Å²) < 4.78 is 8.31. The van der Waals surface area contributed by atoms with Crippen molar-refractivity contribution in [1.82, 2.24) is 19.1 Å². The summed E-state index contributed by atoms with van der Waals surface area (Å²) in [7, 11) is 0. The molecule has 7 nitrogen and oxygen atoms in total. The molecule has 3 aromatic rings. The average Bonchev–Trinajstić information content (AvgIpc) is 3.11. The van der Waals surface area contributed by atoms with E-state index in [1.807, 2.05) is 44.2 Å². The molecule has 0 fully saturated rings. The van der Waals surface area contributed by atoms with Gasteiger partial charge < -0.3 is 9.64 Å². The SMILES string of the molecule is CCN(CC)CCOC(=O)c1cnc2ccn(-c3ccccc3)n2c1=O. The molecule has 0 amide bonds. The molecule has 0 atom stereocenters. The van der Waals surface area contributed by atoms with E-state index >= 15 is 0 Å². The minimum atomic E-state index is -0.648. The van der Waals surface area contributed by atoms with E-state index in [0.717, 1.165) is 18.8 Å². The number of likely N-dealkylation sites (N-methyl/N-ethyl adjacent to an activating group) is 1. The van der Waals surface area contributed by atoms with Crippen molar-refractivity contribution in [2.75, 3.05) is 26.2 Å². The molecule has 26 heavy (non-hydrogen) atoms. The number of esters is 1. The number of fused-ring (bicyclic) bond motifs is 1. The zero-order chi connectivity index (χ0) is 18.5. The number of benzene rings is 1. The smallest absolute Gasteiger partial charge is 0.345 e. The van der Waals surface area contributed by atoms with Crippen LogP contribution >= 0.6 is 0 Å². The van der Waals surface area contributed by atoms with E-state index in [-0.39, 0.29) is 12.2 Å². The number of carbonyl (C=O) groups is 1. The Hall–Kier alpha value is -2.93. The van der Waals surface area contributed by atoms with Crippen LogP contribution in [0.4, 0.5) is 0 Å². The van der Waals surface area contributed by atoms with E-state index in [2.05, 4.69) is 9.88 Å². The van der Waals surface area contributed by atoms with E-state index in [1.54, 1.807) is 16.9 Å². The van der Waals surface area contributed by atoms with E-state index in [1.165, 1.54) is 10.7 Å². The summed E-state index contributed by atoms with van der Waals surface area (Å²) in [6, 6.07) is 11.1. The van der Waals surface area contributed by atoms with Gasteiger partial charge in [0, 0.05) is 25.0 Å². The lowest BCUT2D eigenvalue weighted by Gasteiger charge is -2.17. The molecule has 7 heteroatoms. The van der Waals surface area contributed by atoms with Gasteiger partial charge in [-0.3, -0.25) is 9.48 Å². The maximum absolute atomic E-state index is 12.8. The third-order valence-electron chi connectivity index (χ3n) is 4.32. The first kappa shape index (κ1) is 17.9. The van der Waals surface area contributed by atoms with Crippen molar-refractivity contribution < 1.29 is 9.53 Å². The second-order valence-corrected chi connectivity index (χ2v) is 5.81. The van der Waals surface area contributed by atoms with Gasteiger partial charge >= 0.3 is 5.97 Å². The summed E-state index contributed by atoms with van der Waals surface area (Å²) in [5, 5.41) is 0. The molecule has 0 spiro atoms. The van der Waals surface area contributed by atoms with Gasteiger partial charge in [-0.2, -0.15) is 4.52 Å². The lowest BCUT2D eigenvalue weighted by Crippen LogP contribution is -2.30. The average molecular weight is 354 g/mol. The molecule has 0 saturated carbocycles. The molecule has 1 aromatic carbocycles. The summed E-state index contributed by atoms with van der Waals surface area (Å²) in [6.45, 7) is 6.74. The van der Waals surface area contributed by atoms with E-state index in [0.29, 0.717) is 12.2 Å². The van der Waals surface area contributed by atoms with Gasteiger partial charge in [0.25, 0.3) is 5.56 Å². The molecule has 0 aliphatic heterocycles. The Labute approximate surface area is 151 Å². The largest absolute Gasteiger partial charge is 0.461 e. The molecule has 0 aliphatic rings. The minimum absolute atomic E-state index is 0.0714. The third kappa shape index (κ3) is 3.52. The third-order valence-corrected chi connectivity index (χ3v) is 4.32. The summed E-state index contributed by atoms with van der Waals surface area (Å²) in [6.07, 6.45) is 3.03. The maximum atomic E-state index is 12.8. The zero-order valence-corrected chi connectivity index (χ0v) is 15.0. The van der Waals surface area contributed by atoms with Crippen molar-refractivity contribution in [2.24, 2.45) is 0 Å². The van der Waals surface area contributed by atoms with Gasteiger partial charge in [0.2, 0.25) is 0 Å². The van der Waals surface area contributed by atoms with Gasteiger partial charge in [-0.15, -0.1) is 0 Å². The van der Waals surface area contributed by atoms with Gasteiger partial charge in [0.15, 0.2) is 5.65 Å². The van der Waals surface area contributed by atoms with E-state index < -0.39 is 11.5 Å². The summed E-state index contributed by atoms with van der Waals surface area (Å²) in [5.74, 6) is -0.648. The van der Waals surface area contributed by atoms with Gasteiger partial charge in [-0.1, -0.05) is 32.0 Å². The van der Waals surface area contributed by atoms with Crippen LogP contribution in [-0.2, 0) is 4.74 Å². The first-order valence-corrected chi connectivity index (χ1v) is 8.70. The topological polar surface area (TPSA) is 68.8 Å². The fourth-order valence-corrected chi connectivity index (χ4v) is 2.79. The first-order valence-electron chi connectivity index (χ1n) is 8.70. The Bertz CT molecular complexity index is 942. The van der Waals surface area contributed by atoms with Crippen LogP contribution in [0.15, 0.2) is 53.6 Å². The van der Waals surface area contributed by atoms with Gasteiger partial charge in [-0.25, -0.2) is 9.78 Å². The quantitative estimate of drug-likeness (QED) is 0.607. The first-order chi connectivity index (χ1) is 12.7. The molecule has 0 aliphatic carbocycles. The monoisotopic (exact) mass is 354 g/mol. The molecule has 3 rings (SSSR count). The summed E-state index contributed by atoms with van der Waals surface area (Å²) in [4.78, 5) is 31.5. The normalized spacial score (nSPS) is 11.2. The molecule has 2 aromatic heterocycles. The molecular formula is C19H22N4O3. The molecule has 0 saturated heterocycles. The Morgan fingerprint density at radius 1 is 1.15 bits per heavy atom. The number of hydrogen-bond donors (Lipinski definition) is 0. The zero-order valence-electron chi connectivity index (χ0n) is 15.0. The van der Waals surface area contributed by atoms with Crippen molar-refractivity contribution in [3.8, 4) is 5.69 Å². The van der Waals surface area contributed by atoms with E-state index in [4.69, 9.17) is 4.74 Å². The van der Waals surface area contributed by atoms with Crippen LogP contribution < -0.4 is 5.56 Å². The highest BCUT2D eigenvalue weighted by molar-refractivity contribution is 5.88. The molecule has 0 N–H and O–H groups in total. The van der Waals surface area contributed by atoms with Crippen molar-refractivity contribution in [2.45, 2.75) is 13.8 Å². The lowest BCUT2D eigenvalue weighted by atomic mass is 10.3. The predicted octanol–water partition coefficient (Wildman–Crippen LogP) is 1.98. The van der Waals surface area contributed by atoms with Crippen molar-refractivity contribution in [1.29, 1.82) is 0 Å². The Balaban J connectivity index is 1.87. The highest BCUT2D eigenvalue weighted by atomic mass is 16.5. The van der Waals surface area contributed by atoms with Crippen molar-refractivity contribution >= 4 is 11.6 Å². The van der Waals surface area contributed by atoms with Gasteiger partial charge in [-0.05, 0) is 25.2 Å². The Kier molecular flexibility index (Phi) is 5.48. The second kappa shape index (κ2) is 7.97. The number of para-hydroxylation sites is 1. The summed E-state index contributed by atoms with van der Waals surface area (Å²) >= 11 is 0. The number of carbonyl (C=O) groups excluding carboxylic acids is 1. The van der Waals surface area contributed by atoms with Gasteiger partial charge in [0.05, 0.1) is 5.69 Å². The molecule has 2 heterocycles. The highest BCUT2D eigenvalue weighted by Gasteiger charge is 2.17. The number of aromatic nitrogens is 3. The van der Waals surface area contributed by atoms with Crippen LogP contribution in [0.3, 0.4) is 0 Å². The number of rotatable bonds is 7. The molecule has 0 unspecified atom stereocenters. The van der Waals surface area contributed by atoms with Crippen molar-refractivity contribution in [3.63, 3.8) is 0 Å². The number of nitrogens with zero attached hydrogens (tertiary/aromatic N) is 4. The fraction of sp³-hybridized carbons (Fsp3) is 0.316. The molecule has 136 valence electrons. The molecular weight excluding hydrogens is 332 g/mol.